The number of fused-ring (bicyclic) bond motifs is 1. The fourth-order valence-corrected chi connectivity index (χ4v) is 1.77. The van der Waals surface area contributed by atoms with Crippen molar-refractivity contribution in [1.82, 2.24) is 0 Å². The molecule has 4 heteroatoms. The van der Waals surface area contributed by atoms with Crippen LogP contribution < -0.4 is 11.1 Å². The summed E-state index contributed by atoms with van der Waals surface area (Å²) in [5, 5.41) is 22.6. The topological polar surface area (TPSA) is 78.5 Å². The molecule has 76 valence electrons. The SMILES string of the molecule is NC[C@H]1Nc2ccccc2[C@@H](O)[C@@H]1O. The number of aliphatic hydroxyl groups excluding tert-OH is 2. The molecule has 0 amide bonds. The number of rotatable bonds is 1. The molecule has 14 heavy (non-hydrogen) atoms. The number of hydrogen-bond donors (Lipinski definition) is 4. The van der Waals surface area contributed by atoms with Crippen molar-refractivity contribution in [2.45, 2.75) is 18.2 Å². The normalized spacial score (nSPS) is 30.6. The average Bonchev–Trinajstić information content (AvgIpc) is 2.23. The zero-order valence-corrected chi connectivity index (χ0v) is 7.72. The number of aliphatic hydroxyl groups is 2. The fraction of sp³-hybridized carbons (Fsp3) is 0.400. The molecule has 0 saturated heterocycles. The van der Waals surface area contributed by atoms with Crippen LogP contribution in [-0.2, 0) is 0 Å². The van der Waals surface area contributed by atoms with Crippen molar-refractivity contribution >= 4 is 5.69 Å². The van der Waals surface area contributed by atoms with E-state index in [2.05, 4.69) is 5.32 Å². The smallest absolute Gasteiger partial charge is 0.109 e. The van der Waals surface area contributed by atoms with Gasteiger partial charge in [0.1, 0.15) is 12.2 Å². The molecule has 2 rings (SSSR count). The van der Waals surface area contributed by atoms with Crippen LogP contribution in [0.25, 0.3) is 0 Å². The number of nitrogens with two attached hydrogens (primary N) is 1. The molecule has 1 aromatic carbocycles. The first-order chi connectivity index (χ1) is 6.74. The zero-order valence-electron chi connectivity index (χ0n) is 7.72. The lowest BCUT2D eigenvalue weighted by Crippen LogP contribution is -2.46. The second-order valence-corrected chi connectivity index (χ2v) is 3.51. The van der Waals surface area contributed by atoms with E-state index >= 15 is 0 Å². The molecule has 0 spiro atoms. The third-order valence-electron chi connectivity index (χ3n) is 2.61. The van der Waals surface area contributed by atoms with Crippen molar-refractivity contribution in [3.05, 3.63) is 29.8 Å². The van der Waals surface area contributed by atoms with Crippen LogP contribution in [0.4, 0.5) is 5.69 Å². The highest BCUT2D eigenvalue weighted by Gasteiger charge is 2.32. The minimum atomic E-state index is -0.846. The number of benzene rings is 1. The van der Waals surface area contributed by atoms with Gasteiger partial charge in [-0.05, 0) is 6.07 Å². The molecular formula is C10H14N2O2. The van der Waals surface area contributed by atoms with Crippen LogP contribution >= 0.6 is 0 Å². The lowest BCUT2D eigenvalue weighted by molar-refractivity contribution is 0.00411. The predicted octanol–water partition coefficient (Wildman–Crippen LogP) is -0.166. The third kappa shape index (κ3) is 1.37. The molecule has 1 aliphatic rings. The molecule has 0 aromatic heterocycles. The Bertz CT molecular complexity index is 330. The Kier molecular flexibility index (Phi) is 2.41. The monoisotopic (exact) mass is 194 g/mol. The molecular weight excluding hydrogens is 180 g/mol. The Morgan fingerprint density at radius 1 is 1.29 bits per heavy atom. The number of hydrogen-bond acceptors (Lipinski definition) is 4. The minimum Gasteiger partial charge on any atom is -0.388 e. The van der Waals surface area contributed by atoms with Crippen LogP contribution in [-0.4, -0.2) is 28.9 Å². The lowest BCUT2D eigenvalue weighted by Gasteiger charge is -2.34. The first-order valence-corrected chi connectivity index (χ1v) is 4.65. The van der Waals surface area contributed by atoms with Gasteiger partial charge in [0.15, 0.2) is 0 Å². The van der Waals surface area contributed by atoms with E-state index < -0.39 is 12.2 Å². The van der Waals surface area contributed by atoms with E-state index in [0.29, 0.717) is 6.54 Å². The maximum absolute atomic E-state index is 9.79. The molecule has 0 unspecified atom stereocenters. The maximum atomic E-state index is 9.79. The van der Waals surface area contributed by atoms with Crippen molar-refractivity contribution < 1.29 is 10.2 Å². The van der Waals surface area contributed by atoms with Crippen molar-refractivity contribution in [3.8, 4) is 0 Å². The lowest BCUT2D eigenvalue weighted by atomic mass is 9.92. The first kappa shape index (κ1) is 9.45. The summed E-state index contributed by atoms with van der Waals surface area (Å²) in [6.07, 6.45) is -1.68. The molecule has 0 saturated carbocycles. The summed E-state index contributed by atoms with van der Waals surface area (Å²) < 4.78 is 0. The standard InChI is InChI=1S/C10H14N2O2/c11-5-8-10(14)9(13)6-3-1-2-4-7(6)12-8/h1-4,8-10,12-14H,5,11H2/t8-,9-,10-/m1/s1. The summed E-state index contributed by atoms with van der Waals surface area (Å²) >= 11 is 0. The highest BCUT2D eigenvalue weighted by molar-refractivity contribution is 5.55. The highest BCUT2D eigenvalue weighted by Crippen LogP contribution is 2.31. The first-order valence-electron chi connectivity index (χ1n) is 4.65. The molecule has 0 radical (unpaired) electrons. The van der Waals surface area contributed by atoms with Gasteiger partial charge < -0.3 is 21.3 Å². The minimum absolute atomic E-state index is 0.278. The van der Waals surface area contributed by atoms with Crippen molar-refractivity contribution in [2.75, 3.05) is 11.9 Å². The van der Waals surface area contributed by atoms with E-state index in [1.807, 2.05) is 18.2 Å². The van der Waals surface area contributed by atoms with Gasteiger partial charge in [-0.3, -0.25) is 0 Å². The molecule has 4 nitrogen and oxygen atoms in total. The number of anilines is 1. The van der Waals surface area contributed by atoms with Gasteiger partial charge in [-0.25, -0.2) is 0 Å². The highest BCUT2D eigenvalue weighted by atomic mass is 16.3. The Morgan fingerprint density at radius 3 is 2.71 bits per heavy atom. The van der Waals surface area contributed by atoms with Gasteiger partial charge >= 0.3 is 0 Å². The maximum Gasteiger partial charge on any atom is 0.109 e. The summed E-state index contributed by atoms with van der Waals surface area (Å²) in [7, 11) is 0. The molecule has 3 atom stereocenters. The second-order valence-electron chi connectivity index (χ2n) is 3.51. The third-order valence-corrected chi connectivity index (χ3v) is 2.61. The van der Waals surface area contributed by atoms with E-state index in [4.69, 9.17) is 5.73 Å². The summed E-state index contributed by atoms with van der Waals surface area (Å²) in [5.74, 6) is 0. The van der Waals surface area contributed by atoms with Crippen molar-refractivity contribution in [2.24, 2.45) is 5.73 Å². The van der Waals surface area contributed by atoms with E-state index in [9.17, 15) is 10.2 Å². The molecule has 1 aromatic rings. The largest absolute Gasteiger partial charge is 0.388 e. The van der Waals surface area contributed by atoms with E-state index in [0.717, 1.165) is 11.3 Å². The van der Waals surface area contributed by atoms with Gasteiger partial charge in [0.2, 0.25) is 0 Å². The Balaban J connectivity index is 2.37. The van der Waals surface area contributed by atoms with Gasteiger partial charge in [-0.15, -0.1) is 0 Å². The van der Waals surface area contributed by atoms with Gasteiger partial charge in [0.25, 0.3) is 0 Å². The van der Waals surface area contributed by atoms with E-state index in [1.165, 1.54) is 0 Å². The van der Waals surface area contributed by atoms with E-state index in [-0.39, 0.29) is 6.04 Å². The summed E-state index contributed by atoms with van der Waals surface area (Å²) in [6.45, 7) is 0.298. The van der Waals surface area contributed by atoms with Gasteiger partial charge in [-0.1, -0.05) is 18.2 Å². The van der Waals surface area contributed by atoms with Gasteiger partial charge in [-0.2, -0.15) is 0 Å². The number of nitrogens with one attached hydrogen (secondary N) is 1. The Morgan fingerprint density at radius 2 is 2.00 bits per heavy atom. The predicted molar refractivity (Wildman–Crippen MR) is 53.9 cm³/mol. The van der Waals surface area contributed by atoms with Crippen LogP contribution in [0, 0.1) is 0 Å². The molecule has 0 aliphatic carbocycles. The van der Waals surface area contributed by atoms with E-state index in [1.54, 1.807) is 6.07 Å². The Hall–Kier alpha value is -1.10. The molecule has 0 fully saturated rings. The van der Waals surface area contributed by atoms with Crippen LogP contribution in [0.2, 0.25) is 0 Å². The van der Waals surface area contributed by atoms with Crippen LogP contribution in [0.3, 0.4) is 0 Å². The second kappa shape index (κ2) is 3.57. The van der Waals surface area contributed by atoms with Crippen LogP contribution in [0.5, 0.6) is 0 Å². The quantitative estimate of drug-likeness (QED) is 0.500. The molecule has 0 bridgehead atoms. The zero-order chi connectivity index (χ0) is 10.1. The number of para-hydroxylation sites is 1. The van der Waals surface area contributed by atoms with Crippen LogP contribution in [0.15, 0.2) is 24.3 Å². The average molecular weight is 194 g/mol. The molecule has 1 heterocycles. The molecule has 1 aliphatic heterocycles. The summed E-state index contributed by atoms with van der Waals surface area (Å²) in [6, 6.07) is 7.10. The summed E-state index contributed by atoms with van der Waals surface area (Å²) in [5.41, 5.74) is 7.05. The molecule has 5 N–H and O–H groups in total. The van der Waals surface area contributed by atoms with Gasteiger partial charge in [0, 0.05) is 17.8 Å². The summed E-state index contributed by atoms with van der Waals surface area (Å²) in [4.78, 5) is 0. The van der Waals surface area contributed by atoms with Crippen molar-refractivity contribution in [3.63, 3.8) is 0 Å². The van der Waals surface area contributed by atoms with Gasteiger partial charge in [0.05, 0.1) is 6.04 Å². The van der Waals surface area contributed by atoms with Crippen LogP contribution in [0.1, 0.15) is 11.7 Å². The van der Waals surface area contributed by atoms with Crippen molar-refractivity contribution in [1.29, 1.82) is 0 Å². The fourth-order valence-electron chi connectivity index (χ4n) is 1.77. The Labute approximate surface area is 82.4 Å².